The number of nitrogens with one attached hydrogen (secondary N) is 1. The van der Waals surface area contributed by atoms with Gasteiger partial charge < -0.3 is 5.32 Å². The van der Waals surface area contributed by atoms with Crippen LogP contribution in [0.25, 0.3) is 0 Å². The van der Waals surface area contributed by atoms with E-state index in [9.17, 15) is 17.6 Å². The highest BCUT2D eigenvalue weighted by Crippen LogP contribution is 2.24. The maximum absolute atomic E-state index is 13.4. The lowest BCUT2D eigenvalue weighted by atomic mass is 10.2. The van der Waals surface area contributed by atoms with Crippen molar-refractivity contribution in [2.45, 2.75) is 6.54 Å². The van der Waals surface area contributed by atoms with Crippen LogP contribution in [0.5, 0.6) is 0 Å². The third-order valence-corrected chi connectivity index (χ3v) is 3.09. The smallest absolute Gasteiger partial charge is 0.149 e. The maximum Gasteiger partial charge on any atom is 0.149 e. The van der Waals surface area contributed by atoms with Gasteiger partial charge in [0, 0.05) is 18.2 Å². The third kappa shape index (κ3) is 3.26. The Labute approximate surface area is 115 Å². The van der Waals surface area contributed by atoms with Crippen LogP contribution in [-0.4, -0.2) is 0 Å². The fourth-order valence-electron chi connectivity index (χ4n) is 1.53. The fraction of sp³-hybridized carbons (Fsp3) is 0.0769. The molecule has 0 aliphatic carbocycles. The van der Waals surface area contributed by atoms with Gasteiger partial charge in [-0.2, -0.15) is 0 Å². The Kier molecular flexibility index (Phi) is 4.09. The van der Waals surface area contributed by atoms with Crippen LogP contribution >= 0.6 is 15.9 Å². The molecule has 0 atom stereocenters. The molecule has 0 aromatic heterocycles. The summed E-state index contributed by atoms with van der Waals surface area (Å²) in [5.74, 6) is -2.73. The third-order valence-electron chi connectivity index (χ3n) is 2.49. The van der Waals surface area contributed by atoms with Crippen molar-refractivity contribution in [1.82, 2.24) is 0 Å². The number of anilines is 1. The number of benzene rings is 2. The summed E-state index contributed by atoms with van der Waals surface area (Å²) < 4.78 is 52.8. The van der Waals surface area contributed by atoms with Crippen molar-refractivity contribution in [3.8, 4) is 0 Å². The van der Waals surface area contributed by atoms with Crippen molar-refractivity contribution < 1.29 is 17.6 Å². The highest BCUT2D eigenvalue weighted by atomic mass is 79.9. The van der Waals surface area contributed by atoms with Crippen LogP contribution in [-0.2, 0) is 6.54 Å². The molecular formula is C13H8BrF4N. The second-order valence-corrected chi connectivity index (χ2v) is 4.69. The minimum Gasteiger partial charge on any atom is -0.378 e. The molecule has 2 aromatic rings. The summed E-state index contributed by atoms with van der Waals surface area (Å²) in [4.78, 5) is 0. The van der Waals surface area contributed by atoms with E-state index in [1.54, 1.807) is 0 Å². The number of rotatable bonds is 3. The molecule has 0 aliphatic rings. The predicted octanol–water partition coefficient (Wildman–Crippen LogP) is 4.62. The topological polar surface area (TPSA) is 12.0 Å². The molecular weight excluding hydrogens is 326 g/mol. The zero-order valence-electron chi connectivity index (χ0n) is 9.48. The van der Waals surface area contributed by atoms with Gasteiger partial charge in [-0.3, -0.25) is 0 Å². The second-order valence-electron chi connectivity index (χ2n) is 3.84. The van der Waals surface area contributed by atoms with Crippen LogP contribution in [0, 0.1) is 23.3 Å². The standard InChI is InChI=1S/C13H8BrF4N/c14-9-4-13(12(18)5-11(9)17)19-6-7-3-8(15)1-2-10(7)16/h1-5,19H,6H2. The molecule has 1 N–H and O–H groups in total. The van der Waals surface area contributed by atoms with E-state index in [0.29, 0.717) is 6.07 Å². The lowest BCUT2D eigenvalue weighted by Gasteiger charge is -2.09. The Morgan fingerprint density at radius 2 is 1.63 bits per heavy atom. The molecule has 0 saturated heterocycles. The van der Waals surface area contributed by atoms with Gasteiger partial charge in [0.15, 0.2) is 0 Å². The first-order chi connectivity index (χ1) is 8.97. The van der Waals surface area contributed by atoms with E-state index in [2.05, 4.69) is 21.2 Å². The van der Waals surface area contributed by atoms with Crippen LogP contribution in [0.15, 0.2) is 34.8 Å². The highest BCUT2D eigenvalue weighted by Gasteiger charge is 2.09. The number of hydrogen-bond acceptors (Lipinski definition) is 1. The molecule has 2 aromatic carbocycles. The summed E-state index contributed by atoms with van der Waals surface area (Å²) >= 11 is 2.92. The largest absolute Gasteiger partial charge is 0.378 e. The predicted molar refractivity (Wildman–Crippen MR) is 67.7 cm³/mol. The van der Waals surface area contributed by atoms with Crippen LogP contribution in [0.2, 0.25) is 0 Å². The van der Waals surface area contributed by atoms with Crippen molar-refractivity contribution in [2.24, 2.45) is 0 Å². The molecule has 0 saturated carbocycles. The summed E-state index contributed by atoms with van der Waals surface area (Å²) in [6.45, 7) is -0.113. The summed E-state index contributed by atoms with van der Waals surface area (Å²) in [6, 6.07) is 4.90. The number of halogens is 5. The zero-order valence-corrected chi connectivity index (χ0v) is 11.1. The van der Waals surface area contributed by atoms with Crippen LogP contribution in [0.1, 0.15) is 5.56 Å². The van der Waals surface area contributed by atoms with E-state index in [1.807, 2.05) is 0 Å². The number of hydrogen-bond donors (Lipinski definition) is 1. The normalized spacial score (nSPS) is 10.6. The molecule has 100 valence electrons. The molecule has 0 aliphatic heterocycles. The quantitative estimate of drug-likeness (QED) is 0.638. The average molecular weight is 334 g/mol. The molecule has 2 rings (SSSR count). The van der Waals surface area contributed by atoms with Crippen molar-refractivity contribution in [3.05, 3.63) is 63.6 Å². The van der Waals surface area contributed by atoms with Crippen molar-refractivity contribution in [3.63, 3.8) is 0 Å². The molecule has 19 heavy (non-hydrogen) atoms. The summed E-state index contributed by atoms with van der Waals surface area (Å²) in [5, 5.41) is 2.59. The molecule has 0 spiro atoms. The van der Waals surface area contributed by atoms with Gasteiger partial charge >= 0.3 is 0 Å². The Bertz CT molecular complexity index is 616. The van der Waals surface area contributed by atoms with Gasteiger partial charge in [0.25, 0.3) is 0 Å². The first-order valence-corrected chi connectivity index (χ1v) is 6.09. The van der Waals surface area contributed by atoms with Gasteiger partial charge in [-0.1, -0.05) is 0 Å². The summed E-state index contributed by atoms with van der Waals surface area (Å²) in [6.07, 6.45) is 0. The van der Waals surface area contributed by atoms with E-state index in [1.165, 1.54) is 6.07 Å². The van der Waals surface area contributed by atoms with Crippen LogP contribution in [0.3, 0.4) is 0 Å². The van der Waals surface area contributed by atoms with Crippen molar-refractivity contribution >= 4 is 21.6 Å². The van der Waals surface area contributed by atoms with Gasteiger partial charge in [0.1, 0.15) is 23.3 Å². The van der Waals surface area contributed by atoms with Gasteiger partial charge in [0.05, 0.1) is 10.2 Å². The Morgan fingerprint density at radius 3 is 2.37 bits per heavy atom. The van der Waals surface area contributed by atoms with Crippen molar-refractivity contribution in [1.29, 1.82) is 0 Å². The highest BCUT2D eigenvalue weighted by molar-refractivity contribution is 9.10. The van der Waals surface area contributed by atoms with E-state index < -0.39 is 23.3 Å². The average Bonchev–Trinajstić information content (AvgIpc) is 2.36. The lowest BCUT2D eigenvalue weighted by molar-refractivity contribution is 0.578. The molecule has 0 radical (unpaired) electrons. The van der Waals surface area contributed by atoms with Gasteiger partial charge in [-0.15, -0.1) is 0 Å². The Morgan fingerprint density at radius 1 is 0.895 bits per heavy atom. The molecule has 0 amide bonds. The van der Waals surface area contributed by atoms with E-state index in [0.717, 1.165) is 18.2 Å². The first kappa shape index (κ1) is 13.9. The van der Waals surface area contributed by atoms with Crippen LogP contribution < -0.4 is 5.32 Å². The minimum absolute atomic E-state index is 0.00284. The van der Waals surface area contributed by atoms with E-state index >= 15 is 0 Å². The summed E-state index contributed by atoms with van der Waals surface area (Å²) in [5.41, 5.74) is 0.0526. The molecule has 0 bridgehead atoms. The fourth-order valence-corrected chi connectivity index (χ4v) is 1.87. The monoisotopic (exact) mass is 333 g/mol. The lowest BCUT2D eigenvalue weighted by Crippen LogP contribution is -2.04. The van der Waals surface area contributed by atoms with Crippen LogP contribution in [0.4, 0.5) is 23.2 Å². The minimum atomic E-state index is -0.808. The Hall–Kier alpha value is -1.56. The van der Waals surface area contributed by atoms with Gasteiger partial charge in [-0.05, 0) is 40.2 Å². The zero-order chi connectivity index (χ0) is 14.0. The molecule has 0 fully saturated rings. The SMILES string of the molecule is Fc1ccc(F)c(CNc2cc(Br)c(F)cc2F)c1. The van der Waals surface area contributed by atoms with E-state index in [4.69, 9.17) is 0 Å². The Balaban J connectivity index is 2.19. The maximum atomic E-state index is 13.4. The molecule has 0 unspecified atom stereocenters. The molecule has 1 nitrogen and oxygen atoms in total. The van der Waals surface area contributed by atoms with Gasteiger partial charge in [-0.25, -0.2) is 17.6 Å². The first-order valence-electron chi connectivity index (χ1n) is 5.29. The molecule has 0 heterocycles. The molecule has 6 heteroatoms. The van der Waals surface area contributed by atoms with Gasteiger partial charge in [0.2, 0.25) is 0 Å². The summed E-state index contributed by atoms with van der Waals surface area (Å²) in [7, 11) is 0. The second kappa shape index (κ2) is 5.61. The van der Waals surface area contributed by atoms with Crippen molar-refractivity contribution in [2.75, 3.05) is 5.32 Å². The van der Waals surface area contributed by atoms with E-state index in [-0.39, 0.29) is 22.3 Å².